The van der Waals surface area contributed by atoms with Crippen molar-refractivity contribution in [3.63, 3.8) is 0 Å². The first-order valence-corrected chi connectivity index (χ1v) is 3.43. The molecule has 88 valence electrons. The molecule has 0 N–H and O–H groups in total. The summed E-state index contributed by atoms with van der Waals surface area (Å²) in [6.45, 7) is -1.05. The minimum absolute atomic E-state index is 0.117. The second-order valence-corrected chi connectivity index (χ2v) is 2.59. The van der Waals surface area contributed by atoms with E-state index >= 15 is 0 Å². The molecule has 0 aromatic heterocycles. The van der Waals surface area contributed by atoms with E-state index < -0.39 is 30.4 Å². The van der Waals surface area contributed by atoms with Gasteiger partial charge in [-0.25, -0.2) is 13.7 Å². The van der Waals surface area contributed by atoms with Crippen LogP contribution in [0.2, 0.25) is 0 Å². The van der Waals surface area contributed by atoms with Gasteiger partial charge in [-0.05, 0) is 6.08 Å². The second-order valence-electron chi connectivity index (χ2n) is 2.59. The third-order valence-corrected chi connectivity index (χ3v) is 1.61. The molecule has 1 atom stereocenters. The molecule has 0 bridgehead atoms. The normalized spacial score (nSPS) is 32.1. The van der Waals surface area contributed by atoms with Gasteiger partial charge in [-0.2, -0.15) is 26.8 Å². The Balaban J connectivity index is 3.29. The van der Waals surface area contributed by atoms with Gasteiger partial charge in [0, 0.05) is 0 Å². The first kappa shape index (κ1) is 12.2. The van der Waals surface area contributed by atoms with Crippen LogP contribution in [-0.2, 0) is 9.78 Å². The van der Waals surface area contributed by atoms with Crippen molar-refractivity contribution < 1.29 is 40.5 Å². The highest BCUT2D eigenvalue weighted by atomic mass is 19.4. The zero-order valence-electron chi connectivity index (χ0n) is 6.75. The van der Waals surface area contributed by atoms with E-state index in [0.717, 1.165) is 0 Å². The lowest BCUT2D eigenvalue weighted by molar-refractivity contribution is -0.481. The Morgan fingerprint density at radius 2 is 1.73 bits per heavy atom. The van der Waals surface area contributed by atoms with Crippen LogP contribution in [0.25, 0.3) is 0 Å². The molecule has 1 heterocycles. The summed E-state index contributed by atoms with van der Waals surface area (Å²) in [6, 6.07) is 0. The lowest BCUT2D eigenvalue weighted by Crippen LogP contribution is -2.56. The Morgan fingerprint density at radius 3 is 2.20 bits per heavy atom. The fourth-order valence-electron chi connectivity index (χ4n) is 0.853. The van der Waals surface area contributed by atoms with Crippen LogP contribution in [0.15, 0.2) is 11.9 Å². The molecule has 0 saturated heterocycles. The van der Waals surface area contributed by atoms with Gasteiger partial charge >= 0.3 is 18.0 Å². The van der Waals surface area contributed by atoms with Crippen LogP contribution < -0.4 is 0 Å². The second kappa shape index (κ2) is 3.34. The summed E-state index contributed by atoms with van der Waals surface area (Å²) >= 11 is 0. The third kappa shape index (κ3) is 1.69. The quantitative estimate of drug-likeness (QED) is 0.478. The Morgan fingerprint density at radius 1 is 1.20 bits per heavy atom. The van der Waals surface area contributed by atoms with Gasteiger partial charge in [0.25, 0.3) is 0 Å². The smallest absolute Gasteiger partial charge is 0.227 e. The molecule has 9 heteroatoms. The van der Waals surface area contributed by atoms with Crippen molar-refractivity contribution in [2.75, 3.05) is 6.61 Å². The van der Waals surface area contributed by atoms with Crippen LogP contribution in [0, 0.1) is 0 Å². The molecule has 15 heavy (non-hydrogen) atoms. The molecule has 1 rings (SSSR count). The number of rotatable bonds is 0. The molecule has 1 unspecified atom stereocenters. The van der Waals surface area contributed by atoms with E-state index in [9.17, 15) is 30.7 Å². The minimum atomic E-state index is -6.16. The molecule has 0 fully saturated rings. The highest BCUT2D eigenvalue weighted by Gasteiger charge is 2.76. The SMILES string of the molecule is FC1=CCOOC(F)(F)C1(F)C(F)(F)F. The molecule has 0 spiro atoms. The van der Waals surface area contributed by atoms with Crippen LogP contribution in [0.1, 0.15) is 0 Å². The lowest BCUT2D eigenvalue weighted by Gasteiger charge is -2.30. The van der Waals surface area contributed by atoms with E-state index in [-0.39, 0.29) is 6.08 Å². The Kier molecular flexibility index (Phi) is 2.72. The van der Waals surface area contributed by atoms with E-state index in [1.807, 2.05) is 0 Å². The number of hydrogen-bond acceptors (Lipinski definition) is 2. The average Bonchev–Trinajstić information content (AvgIpc) is 2.16. The molecule has 2 nitrogen and oxygen atoms in total. The Hall–Kier alpha value is -0.830. The molecule has 0 radical (unpaired) electrons. The number of halogens is 7. The summed E-state index contributed by atoms with van der Waals surface area (Å²) in [5.74, 6) is -2.70. The van der Waals surface area contributed by atoms with Crippen molar-refractivity contribution in [2.24, 2.45) is 0 Å². The first-order valence-electron chi connectivity index (χ1n) is 3.43. The molecular weight excluding hydrogens is 237 g/mol. The van der Waals surface area contributed by atoms with E-state index in [0.29, 0.717) is 0 Å². The highest BCUT2D eigenvalue weighted by Crippen LogP contribution is 2.51. The highest BCUT2D eigenvalue weighted by molar-refractivity contribution is 5.18. The predicted octanol–water partition coefficient (Wildman–Crippen LogP) is 2.67. The average molecular weight is 240 g/mol. The zero-order valence-corrected chi connectivity index (χ0v) is 6.75. The van der Waals surface area contributed by atoms with Gasteiger partial charge in [0.1, 0.15) is 6.61 Å². The molecule has 0 aliphatic carbocycles. The molecule has 0 amide bonds. The van der Waals surface area contributed by atoms with Gasteiger partial charge in [0.15, 0.2) is 5.83 Å². The number of alkyl halides is 6. The van der Waals surface area contributed by atoms with E-state index in [1.165, 1.54) is 0 Å². The van der Waals surface area contributed by atoms with Gasteiger partial charge in [-0.15, -0.1) is 0 Å². The molecule has 1 aliphatic rings. The molecule has 0 saturated carbocycles. The minimum Gasteiger partial charge on any atom is -0.227 e. The largest absolute Gasteiger partial charge is 0.438 e. The van der Waals surface area contributed by atoms with E-state index in [1.54, 1.807) is 0 Å². The van der Waals surface area contributed by atoms with Gasteiger partial charge < -0.3 is 0 Å². The van der Waals surface area contributed by atoms with Crippen LogP contribution in [0.4, 0.5) is 30.7 Å². The Bertz CT molecular complexity index is 284. The molecular formula is C6H3F7O2. The zero-order chi connectivity index (χ0) is 11.9. The van der Waals surface area contributed by atoms with Crippen molar-refractivity contribution in [2.45, 2.75) is 18.0 Å². The fourth-order valence-corrected chi connectivity index (χ4v) is 0.853. The fraction of sp³-hybridized carbons (Fsp3) is 0.667. The summed E-state index contributed by atoms with van der Waals surface area (Å²) in [7, 11) is 0. The van der Waals surface area contributed by atoms with Gasteiger partial charge in [0.05, 0.1) is 0 Å². The van der Waals surface area contributed by atoms with Crippen molar-refractivity contribution >= 4 is 0 Å². The summed E-state index contributed by atoms with van der Waals surface area (Å²) in [5, 5.41) is 0. The molecule has 0 aromatic carbocycles. The van der Waals surface area contributed by atoms with E-state index in [2.05, 4.69) is 9.78 Å². The molecule has 1 aliphatic heterocycles. The molecule has 0 aromatic rings. The van der Waals surface area contributed by atoms with Crippen molar-refractivity contribution in [1.29, 1.82) is 0 Å². The predicted molar refractivity (Wildman–Crippen MR) is 31.1 cm³/mol. The maximum Gasteiger partial charge on any atom is 0.438 e. The van der Waals surface area contributed by atoms with Crippen molar-refractivity contribution in [3.8, 4) is 0 Å². The number of hydrogen-bond donors (Lipinski definition) is 0. The van der Waals surface area contributed by atoms with Gasteiger partial charge in [0.2, 0.25) is 0 Å². The summed E-state index contributed by atoms with van der Waals surface area (Å²) in [6.07, 6.45) is -11.8. The summed E-state index contributed by atoms with van der Waals surface area (Å²) < 4.78 is 86.6. The lowest BCUT2D eigenvalue weighted by atomic mass is 10.0. The monoisotopic (exact) mass is 240 g/mol. The van der Waals surface area contributed by atoms with Crippen molar-refractivity contribution in [1.82, 2.24) is 0 Å². The maximum absolute atomic E-state index is 13.0. The van der Waals surface area contributed by atoms with Crippen molar-refractivity contribution in [3.05, 3.63) is 11.9 Å². The standard InChI is InChI=1S/C6H3F7O2/c7-3-1-2-14-15-6(12,13)4(3,8)5(9,10)11/h1H,2H2. The van der Waals surface area contributed by atoms with Gasteiger partial charge in [-0.3, -0.25) is 0 Å². The van der Waals surface area contributed by atoms with Crippen LogP contribution in [0.5, 0.6) is 0 Å². The summed E-state index contributed by atoms with van der Waals surface area (Å²) in [5.41, 5.74) is -5.53. The first-order chi connectivity index (χ1) is 6.63. The third-order valence-electron chi connectivity index (χ3n) is 1.61. The van der Waals surface area contributed by atoms with Crippen LogP contribution in [0.3, 0.4) is 0 Å². The Labute approximate surface area is 78.2 Å². The van der Waals surface area contributed by atoms with Crippen LogP contribution in [-0.4, -0.2) is 24.6 Å². The van der Waals surface area contributed by atoms with Crippen LogP contribution >= 0.6 is 0 Å². The topological polar surface area (TPSA) is 18.5 Å². The van der Waals surface area contributed by atoms with Gasteiger partial charge in [-0.1, -0.05) is 0 Å². The summed E-state index contributed by atoms with van der Waals surface area (Å²) in [4.78, 5) is 6.35. The van der Waals surface area contributed by atoms with E-state index in [4.69, 9.17) is 0 Å². The maximum atomic E-state index is 13.0.